The molecule has 40 heavy (non-hydrogen) atoms. The molecule has 5 rings (SSSR count). The summed E-state index contributed by atoms with van der Waals surface area (Å²) >= 11 is 11.4. The number of hydrogen-bond acceptors (Lipinski definition) is 7. The van der Waals surface area contributed by atoms with Crippen LogP contribution in [0.4, 0.5) is 11.4 Å². The molecule has 0 aliphatic carbocycles. The first-order chi connectivity index (χ1) is 19.3. The molecule has 13 heteroatoms. The summed E-state index contributed by atoms with van der Waals surface area (Å²) in [5.41, 5.74) is 2.14. The van der Waals surface area contributed by atoms with E-state index in [9.17, 15) is 13.5 Å². The van der Waals surface area contributed by atoms with Gasteiger partial charge in [0.15, 0.2) is 5.69 Å². The van der Waals surface area contributed by atoms with Crippen molar-refractivity contribution < 1.29 is 23.0 Å². The molecule has 0 saturated carbocycles. The lowest BCUT2D eigenvalue weighted by Gasteiger charge is -2.26. The number of fused-ring (bicyclic) bond motifs is 1. The van der Waals surface area contributed by atoms with Crippen molar-refractivity contribution in [2.45, 2.75) is 11.4 Å². The number of para-hydroxylation sites is 2. The number of azo groups is 1. The van der Waals surface area contributed by atoms with Crippen LogP contribution >= 0.6 is 23.8 Å². The van der Waals surface area contributed by atoms with Crippen LogP contribution in [-0.4, -0.2) is 60.9 Å². The molecule has 4 aromatic rings. The van der Waals surface area contributed by atoms with Crippen LogP contribution in [0.1, 0.15) is 5.56 Å². The van der Waals surface area contributed by atoms with Gasteiger partial charge in [-0.3, -0.25) is 0 Å². The summed E-state index contributed by atoms with van der Waals surface area (Å²) in [6, 6.07) is 19.1. The van der Waals surface area contributed by atoms with E-state index in [1.165, 1.54) is 16.4 Å². The van der Waals surface area contributed by atoms with Crippen molar-refractivity contribution in [1.29, 1.82) is 0 Å². The molecule has 10 nitrogen and oxygen atoms in total. The van der Waals surface area contributed by atoms with E-state index in [1.807, 2.05) is 24.3 Å². The Hall–Kier alpha value is -3.55. The Morgan fingerprint density at radius 3 is 2.58 bits per heavy atom. The van der Waals surface area contributed by atoms with Crippen molar-refractivity contribution in [3.63, 3.8) is 0 Å². The second kappa shape index (κ2) is 11.9. The summed E-state index contributed by atoms with van der Waals surface area (Å²) in [7, 11) is -2.25. The van der Waals surface area contributed by atoms with E-state index in [4.69, 9.17) is 33.3 Å². The molecule has 0 unspecified atom stereocenters. The molecule has 0 bridgehead atoms. The van der Waals surface area contributed by atoms with Crippen molar-refractivity contribution in [3.8, 4) is 11.6 Å². The minimum Gasteiger partial charge on any atom is -0.495 e. The molecule has 0 atom stereocenters. The Balaban J connectivity index is 1.55. The number of hydrogen-bond donors (Lipinski definition) is 2. The van der Waals surface area contributed by atoms with E-state index >= 15 is 0 Å². The van der Waals surface area contributed by atoms with E-state index in [0.29, 0.717) is 40.6 Å². The number of aromatic hydroxyl groups is 1. The minimum atomic E-state index is -3.79. The fraction of sp³-hybridized carbons (Fsp3) is 0.222. The highest BCUT2D eigenvalue weighted by atomic mass is 35.5. The molecule has 1 aliphatic rings. The van der Waals surface area contributed by atoms with Crippen LogP contribution in [0.2, 0.25) is 5.02 Å². The number of ether oxygens (including phenoxy) is 2. The number of halogens is 1. The van der Waals surface area contributed by atoms with Gasteiger partial charge in [0.1, 0.15) is 5.75 Å². The molecule has 3 aromatic carbocycles. The number of nitrogens with zero attached hydrogens (tertiary/aromatic N) is 4. The van der Waals surface area contributed by atoms with Crippen LogP contribution in [0.25, 0.3) is 10.9 Å². The van der Waals surface area contributed by atoms with Crippen molar-refractivity contribution in [3.05, 3.63) is 77.3 Å². The lowest BCUT2D eigenvalue weighted by molar-refractivity contribution is 0.0730. The molecule has 1 fully saturated rings. The number of methoxy groups -OCH3 is 1. The molecule has 2 N–H and O–H groups in total. The first kappa shape index (κ1) is 28.0. The first-order valence-electron chi connectivity index (χ1n) is 12.3. The Kier molecular flexibility index (Phi) is 8.33. The normalized spacial score (nSPS) is 14.6. The third kappa shape index (κ3) is 5.81. The molecule has 0 spiro atoms. The number of sulfonamides is 1. The topological polar surface area (TPSA) is 118 Å². The number of aromatic nitrogens is 1. The summed E-state index contributed by atoms with van der Waals surface area (Å²) in [4.78, 5) is 0.0803. The molecule has 1 saturated heterocycles. The fourth-order valence-corrected chi connectivity index (χ4v) is 6.13. The van der Waals surface area contributed by atoms with Crippen LogP contribution in [-0.2, 0) is 21.3 Å². The number of nitrogens with one attached hydrogen (secondary N) is 1. The standard InChI is InChI=1S/C27H26ClN5O5S2/c1-37-24-5-3-2-4-22(24)29-27(39)31-30-25-21-16-20(40(35,36)32-12-14-38-15-13-32)10-11-23(21)33(26(25)34)17-18-6-8-19(28)9-7-18/h2-11,16,34H,12-15,17H2,1H3,(H,29,39). The van der Waals surface area contributed by atoms with Gasteiger partial charge >= 0.3 is 0 Å². The van der Waals surface area contributed by atoms with E-state index in [0.717, 1.165) is 5.56 Å². The van der Waals surface area contributed by atoms with Crippen molar-refractivity contribution in [2.75, 3.05) is 38.7 Å². The third-order valence-electron chi connectivity index (χ3n) is 6.43. The Labute approximate surface area is 241 Å². The number of thiocarbonyl (C=S) groups is 1. The van der Waals surface area contributed by atoms with E-state index in [-0.39, 0.29) is 41.2 Å². The Morgan fingerprint density at radius 2 is 1.85 bits per heavy atom. The second-order valence-electron chi connectivity index (χ2n) is 8.91. The molecule has 1 aliphatic heterocycles. The van der Waals surface area contributed by atoms with Gasteiger partial charge in [-0.2, -0.15) is 4.31 Å². The largest absolute Gasteiger partial charge is 0.495 e. The van der Waals surface area contributed by atoms with Gasteiger partial charge in [0.2, 0.25) is 21.0 Å². The van der Waals surface area contributed by atoms with E-state index in [2.05, 4.69) is 15.5 Å². The maximum Gasteiger partial charge on any atom is 0.243 e. The predicted molar refractivity (Wildman–Crippen MR) is 157 cm³/mol. The summed E-state index contributed by atoms with van der Waals surface area (Å²) < 4.78 is 40.4. The molecule has 0 amide bonds. The number of morpholine rings is 1. The van der Waals surface area contributed by atoms with Crippen LogP contribution in [0.15, 0.2) is 81.9 Å². The molecular weight excluding hydrogens is 574 g/mol. The lowest BCUT2D eigenvalue weighted by Crippen LogP contribution is -2.40. The van der Waals surface area contributed by atoms with Gasteiger partial charge < -0.3 is 24.5 Å². The highest BCUT2D eigenvalue weighted by Crippen LogP contribution is 2.41. The van der Waals surface area contributed by atoms with Gasteiger partial charge in [0, 0.05) is 23.5 Å². The third-order valence-corrected chi connectivity index (χ3v) is 8.76. The van der Waals surface area contributed by atoms with E-state index in [1.54, 1.807) is 42.0 Å². The zero-order valence-electron chi connectivity index (χ0n) is 21.4. The fourth-order valence-electron chi connectivity index (χ4n) is 4.41. The average molecular weight is 600 g/mol. The van der Waals surface area contributed by atoms with Gasteiger partial charge in [-0.1, -0.05) is 35.9 Å². The lowest BCUT2D eigenvalue weighted by atomic mass is 10.2. The SMILES string of the molecule is COc1ccccc1NC(=S)N=Nc1c(O)n(Cc2ccc(Cl)cc2)c2ccc(S(=O)(=O)N3CCOCC3)cc12. The average Bonchev–Trinajstić information content (AvgIpc) is 3.23. The second-order valence-corrected chi connectivity index (χ2v) is 11.7. The minimum absolute atomic E-state index is 0.0274. The van der Waals surface area contributed by atoms with Crippen molar-refractivity contribution in [1.82, 2.24) is 8.87 Å². The van der Waals surface area contributed by atoms with Crippen LogP contribution in [0, 0.1) is 0 Å². The summed E-state index contributed by atoms with van der Waals surface area (Å²) in [6.07, 6.45) is 0. The van der Waals surface area contributed by atoms with Gasteiger partial charge in [-0.25, -0.2) is 8.42 Å². The van der Waals surface area contributed by atoms with Crippen LogP contribution in [0.5, 0.6) is 11.6 Å². The quantitative estimate of drug-likeness (QED) is 0.211. The van der Waals surface area contributed by atoms with Gasteiger partial charge in [0.25, 0.3) is 0 Å². The van der Waals surface area contributed by atoms with Gasteiger partial charge in [0.05, 0.1) is 43.0 Å². The van der Waals surface area contributed by atoms with Crippen molar-refractivity contribution >= 4 is 61.2 Å². The molecular formula is C27H26ClN5O5S2. The monoisotopic (exact) mass is 599 g/mol. The Bertz CT molecular complexity index is 1680. The number of benzene rings is 3. The maximum absolute atomic E-state index is 13.4. The summed E-state index contributed by atoms with van der Waals surface area (Å²) in [5.74, 6) is 0.384. The number of anilines is 1. The van der Waals surface area contributed by atoms with Gasteiger partial charge in [-0.05, 0) is 60.2 Å². The van der Waals surface area contributed by atoms with Crippen LogP contribution in [0.3, 0.4) is 0 Å². The molecule has 208 valence electrons. The highest BCUT2D eigenvalue weighted by Gasteiger charge is 2.28. The highest BCUT2D eigenvalue weighted by molar-refractivity contribution is 7.89. The maximum atomic E-state index is 13.4. The summed E-state index contributed by atoms with van der Waals surface area (Å²) in [5, 5.41) is 23.6. The molecule has 0 radical (unpaired) electrons. The smallest absolute Gasteiger partial charge is 0.243 e. The Morgan fingerprint density at radius 1 is 1.12 bits per heavy atom. The van der Waals surface area contributed by atoms with Gasteiger partial charge in [-0.15, -0.1) is 10.2 Å². The first-order valence-corrected chi connectivity index (χ1v) is 14.5. The zero-order chi connectivity index (χ0) is 28.3. The number of rotatable bonds is 7. The predicted octanol–water partition coefficient (Wildman–Crippen LogP) is 5.56. The molecule has 2 heterocycles. The van der Waals surface area contributed by atoms with E-state index < -0.39 is 10.0 Å². The van der Waals surface area contributed by atoms with Crippen molar-refractivity contribution in [2.24, 2.45) is 10.2 Å². The zero-order valence-corrected chi connectivity index (χ0v) is 23.8. The van der Waals surface area contributed by atoms with Crippen LogP contribution < -0.4 is 10.1 Å². The molecule has 1 aromatic heterocycles. The summed E-state index contributed by atoms with van der Waals surface area (Å²) in [6.45, 7) is 1.47.